The van der Waals surface area contributed by atoms with Gasteiger partial charge < -0.3 is 0 Å². The lowest BCUT2D eigenvalue weighted by atomic mass is 9.91. The Labute approximate surface area is 151 Å². The first-order valence-corrected chi connectivity index (χ1v) is 10.2. The van der Waals surface area contributed by atoms with Crippen molar-refractivity contribution < 1.29 is 0 Å². The van der Waals surface area contributed by atoms with Gasteiger partial charge in [-0.05, 0) is 62.7 Å². The second kappa shape index (κ2) is 9.30. The number of hydrogen-bond acceptors (Lipinski definition) is 3. The first-order valence-electron chi connectivity index (χ1n) is 9.30. The maximum absolute atomic E-state index is 4.42. The molecule has 0 radical (unpaired) electrons. The molecule has 1 aliphatic heterocycles. The van der Waals surface area contributed by atoms with E-state index in [-0.39, 0.29) is 0 Å². The van der Waals surface area contributed by atoms with Gasteiger partial charge in [0.15, 0.2) is 0 Å². The summed E-state index contributed by atoms with van der Waals surface area (Å²) in [6.07, 6.45) is 11.7. The number of aromatic nitrogens is 1. The van der Waals surface area contributed by atoms with Gasteiger partial charge in [-0.25, -0.2) is 9.29 Å². The maximum atomic E-state index is 4.42. The van der Waals surface area contributed by atoms with Gasteiger partial charge in [0.05, 0.1) is 0 Å². The Morgan fingerprint density at radius 2 is 2.00 bits per heavy atom. The van der Waals surface area contributed by atoms with Crippen molar-refractivity contribution in [1.29, 1.82) is 0 Å². The van der Waals surface area contributed by atoms with E-state index in [4.69, 9.17) is 0 Å². The molecular weight excluding hydrogens is 312 g/mol. The second-order valence-electron chi connectivity index (χ2n) is 6.96. The third-order valence-electron chi connectivity index (χ3n) is 4.95. The fourth-order valence-corrected chi connectivity index (χ4v) is 4.63. The first-order chi connectivity index (χ1) is 11.8. The SMILES string of the molecule is Cc1cccc(C#CC=C2CCN(SCC3CCCCC3)CC2)n1. The van der Waals surface area contributed by atoms with Crippen LogP contribution in [0.3, 0.4) is 0 Å². The predicted octanol–water partition coefficient (Wildman–Crippen LogP) is 4.99. The molecule has 1 aromatic heterocycles. The van der Waals surface area contributed by atoms with E-state index in [0.717, 1.165) is 30.1 Å². The zero-order valence-corrected chi connectivity index (χ0v) is 15.6. The number of allylic oxidation sites excluding steroid dienone is 1. The van der Waals surface area contributed by atoms with Gasteiger partial charge in [-0.3, -0.25) is 0 Å². The van der Waals surface area contributed by atoms with Gasteiger partial charge >= 0.3 is 0 Å². The molecule has 0 amide bonds. The Hall–Kier alpha value is -1.24. The molecule has 1 saturated heterocycles. The molecule has 2 heterocycles. The molecule has 1 aliphatic carbocycles. The van der Waals surface area contributed by atoms with E-state index in [2.05, 4.69) is 39.2 Å². The third-order valence-corrected chi connectivity index (χ3v) is 6.30. The molecule has 24 heavy (non-hydrogen) atoms. The van der Waals surface area contributed by atoms with Gasteiger partial charge in [-0.15, -0.1) is 0 Å². The highest BCUT2D eigenvalue weighted by molar-refractivity contribution is 7.97. The summed E-state index contributed by atoms with van der Waals surface area (Å²) < 4.78 is 2.57. The third kappa shape index (κ3) is 5.69. The van der Waals surface area contributed by atoms with Crippen molar-refractivity contribution >= 4 is 11.9 Å². The number of nitrogens with zero attached hydrogens (tertiary/aromatic N) is 2. The minimum absolute atomic E-state index is 0.868. The van der Waals surface area contributed by atoms with Crippen molar-refractivity contribution in [2.45, 2.75) is 51.9 Å². The van der Waals surface area contributed by atoms with Crippen LogP contribution in [0.4, 0.5) is 0 Å². The van der Waals surface area contributed by atoms with E-state index in [1.807, 2.05) is 25.1 Å². The van der Waals surface area contributed by atoms with Crippen molar-refractivity contribution in [3.05, 3.63) is 41.2 Å². The van der Waals surface area contributed by atoms with Crippen LogP contribution in [0.1, 0.15) is 56.3 Å². The molecule has 3 rings (SSSR count). The van der Waals surface area contributed by atoms with Crippen LogP contribution >= 0.6 is 11.9 Å². The Balaban J connectivity index is 1.41. The van der Waals surface area contributed by atoms with E-state index >= 15 is 0 Å². The molecule has 0 bridgehead atoms. The van der Waals surface area contributed by atoms with Gasteiger partial charge in [0.2, 0.25) is 0 Å². The number of pyridine rings is 1. The van der Waals surface area contributed by atoms with E-state index < -0.39 is 0 Å². The molecule has 2 fully saturated rings. The lowest BCUT2D eigenvalue weighted by Crippen LogP contribution is -2.26. The quantitative estimate of drug-likeness (QED) is 0.569. The molecule has 128 valence electrons. The molecule has 2 nitrogen and oxygen atoms in total. The van der Waals surface area contributed by atoms with Crippen molar-refractivity contribution in [3.63, 3.8) is 0 Å². The highest BCUT2D eigenvalue weighted by Crippen LogP contribution is 2.29. The molecule has 0 spiro atoms. The number of rotatable bonds is 3. The van der Waals surface area contributed by atoms with Gasteiger partial charge in [-0.2, -0.15) is 0 Å². The maximum Gasteiger partial charge on any atom is 0.113 e. The predicted molar refractivity (Wildman–Crippen MR) is 104 cm³/mol. The minimum atomic E-state index is 0.868. The van der Waals surface area contributed by atoms with E-state index in [9.17, 15) is 0 Å². The van der Waals surface area contributed by atoms with E-state index in [0.29, 0.717) is 0 Å². The Kier molecular flexibility index (Phi) is 6.81. The van der Waals surface area contributed by atoms with Gasteiger partial charge in [0.1, 0.15) is 5.69 Å². The standard InChI is InChI=1S/C21H28N2S/c1-18-7-5-11-21(22-18)12-6-10-19-13-15-23(16-14-19)24-17-20-8-3-2-4-9-20/h5,7,10-11,20H,2-4,8-9,13-17H2,1H3. The zero-order valence-electron chi connectivity index (χ0n) is 14.8. The van der Waals surface area contributed by atoms with Crippen LogP contribution in [0.5, 0.6) is 0 Å². The van der Waals surface area contributed by atoms with Crippen molar-refractivity contribution in [1.82, 2.24) is 9.29 Å². The van der Waals surface area contributed by atoms with Gasteiger partial charge in [0, 0.05) is 24.5 Å². The summed E-state index contributed by atoms with van der Waals surface area (Å²) in [5.41, 5.74) is 3.38. The van der Waals surface area contributed by atoms with Crippen LogP contribution in [-0.2, 0) is 0 Å². The van der Waals surface area contributed by atoms with Crippen LogP contribution in [0.25, 0.3) is 0 Å². The van der Waals surface area contributed by atoms with Crippen LogP contribution in [0.15, 0.2) is 29.8 Å². The summed E-state index contributed by atoms with van der Waals surface area (Å²) in [4.78, 5) is 4.42. The van der Waals surface area contributed by atoms with Crippen LogP contribution in [0.2, 0.25) is 0 Å². The summed E-state index contributed by atoms with van der Waals surface area (Å²) in [6, 6.07) is 5.99. The number of aryl methyl sites for hydroxylation is 1. The molecule has 0 N–H and O–H groups in total. The monoisotopic (exact) mass is 340 g/mol. The molecule has 0 atom stereocenters. The number of piperidine rings is 1. The largest absolute Gasteiger partial charge is 0.250 e. The summed E-state index contributed by atoms with van der Waals surface area (Å²) in [6.45, 7) is 4.35. The molecule has 1 saturated carbocycles. The minimum Gasteiger partial charge on any atom is -0.250 e. The first kappa shape index (κ1) is 17.6. The van der Waals surface area contributed by atoms with Crippen molar-refractivity contribution in [2.75, 3.05) is 18.8 Å². The van der Waals surface area contributed by atoms with E-state index in [1.165, 1.54) is 56.5 Å². The molecule has 3 heteroatoms. The highest BCUT2D eigenvalue weighted by atomic mass is 32.2. The van der Waals surface area contributed by atoms with Crippen molar-refractivity contribution in [2.24, 2.45) is 5.92 Å². The molecule has 1 aromatic rings. The van der Waals surface area contributed by atoms with Crippen LogP contribution in [-0.4, -0.2) is 28.1 Å². The van der Waals surface area contributed by atoms with E-state index in [1.54, 1.807) is 0 Å². The molecule has 2 aliphatic rings. The summed E-state index contributed by atoms with van der Waals surface area (Å²) in [5, 5.41) is 0. The average Bonchev–Trinajstić information content (AvgIpc) is 2.62. The molecule has 0 aromatic carbocycles. The van der Waals surface area contributed by atoms with Crippen molar-refractivity contribution in [3.8, 4) is 11.8 Å². The molecular formula is C21H28N2S. The number of hydrogen-bond donors (Lipinski definition) is 0. The van der Waals surface area contributed by atoms with Gasteiger partial charge in [0.25, 0.3) is 0 Å². The van der Waals surface area contributed by atoms with Crippen LogP contribution in [0, 0.1) is 24.7 Å². The molecule has 0 unspecified atom stereocenters. The average molecular weight is 341 g/mol. The topological polar surface area (TPSA) is 16.1 Å². The Morgan fingerprint density at radius 3 is 2.75 bits per heavy atom. The lowest BCUT2D eigenvalue weighted by molar-refractivity contribution is 0.383. The zero-order chi connectivity index (χ0) is 16.6. The smallest absolute Gasteiger partial charge is 0.113 e. The summed E-state index contributed by atoms with van der Waals surface area (Å²) in [5.74, 6) is 8.65. The Bertz CT molecular complexity index is 610. The Morgan fingerprint density at radius 1 is 1.21 bits per heavy atom. The highest BCUT2D eigenvalue weighted by Gasteiger charge is 2.18. The fourth-order valence-electron chi connectivity index (χ4n) is 3.44. The normalized spacial score (nSPS) is 19.6. The summed E-state index contributed by atoms with van der Waals surface area (Å²) >= 11 is 2.09. The lowest BCUT2D eigenvalue weighted by Gasteiger charge is -2.29. The fraction of sp³-hybridized carbons (Fsp3) is 0.571. The summed E-state index contributed by atoms with van der Waals surface area (Å²) in [7, 11) is 0. The van der Waals surface area contributed by atoms with Crippen LogP contribution < -0.4 is 0 Å². The second-order valence-corrected chi connectivity index (χ2v) is 8.07. The van der Waals surface area contributed by atoms with Gasteiger partial charge in [-0.1, -0.05) is 48.8 Å².